The molecule has 0 unspecified atom stereocenters. The lowest BCUT2D eigenvalue weighted by molar-refractivity contribution is -0.138. The number of rotatable bonds is 8. The molecule has 2 aromatic rings. The highest BCUT2D eigenvalue weighted by Gasteiger charge is 2.34. The van der Waals surface area contributed by atoms with E-state index in [0.717, 1.165) is 67.6 Å². The number of hydrogen-bond donors (Lipinski definition) is 1. The molecule has 12 heteroatoms. The van der Waals surface area contributed by atoms with Crippen LogP contribution in [-0.2, 0) is 23.7 Å². The van der Waals surface area contributed by atoms with Crippen LogP contribution in [0.25, 0.3) is 0 Å². The summed E-state index contributed by atoms with van der Waals surface area (Å²) in [7, 11) is 0. The molecular weight excluding hydrogens is 556 g/mol. The van der Waals surface area contributed by atoms with Crippen LogP contribution in [0.3, 0.4) is 0 Å². The Morgan fingerprint density at radius 1 is 0.850 bits per heavy atom. The summed E-state index contributed by atoms with van der Waals surface area (Å²) in [5.74, 6) is 0.161. The van der Waals surface area contributed by atoms with Crippen LogP contribution in [0.4, 0.5) is 32.0 Å². The molecule has 2 N–H and O–H groups in total. The van der Waals surface area contributed by atoms with Gasteiger partial charge in [0.25, 0.3) is 0 Å². The Balaban J connectivity index is 1.12. The van der Waals surface area contributed by atoms with Crippen LogP contribution in [0.5, 0.6) is 5.75 Å². The smallest absolute Gasteiger partial charge is 0.418 e. The third-order valence-corrected chi connectivity index (χ3v) is 7.83. The number of nitrogens with two attached hydrogens (primary N) is 1. The van der Waals surface area contributed by atoms with Gasteiger partial charge < -0.3 is 25.0 Å². The molecule has 2 aromatic carbocycles. The van der Waals surface area contributed by atoms with E-state index in [0.29, 0.717) is 25.9 Å². The van der Waals surface area contributed by atoms with Gasteiger partial charge in [-0.1, -0.05) is 24.4 Å². The monoisotopic (exact) mass is 589 g/mol. The minimum absolute atomic E-state index is 0.0674. The molecule has 5 nitrogen and oxygen atoms in total. The molecule has 0 aromatic heterocycles. The second-order valence-corrected chi connectivity index (χ2v) is 10.7. The van der Waals surface area contributed by atoms with Gasteiger partial charge in [-0.3, -0.25) is 0 Å². The Labute approximate surface area is 235 Å². The van der Waals surface area contributed by atoms with Crippen molar-refractivity contribution in [2.45, 2.75) is 63.3 Å². The molecule has 220 valence electrons. The van der Waals surface area contributed by atoms with E-state index in [2.05, 4.69) is 9.80 Å². The van der Waals surface area contributed by atoms with Crippen LogP contribution in [0.1, 0.15) is 48.8 Å². The van der Waals surface area contributed by atoms with Gasteiger partial charge in [-0.2, -0.15) is 26.3 Å². The predicted molar refractivity (Wildman–Crippen MR) is 144 cm³/mol. The molecule has 0 atom stereocenters. The Morgan fingerprint density at radius 3 is 2.08 bits per heavy atom. The van der Waals surface area contributed by atoms with Crippen LogP contribution in [0.15, 0.2) is 42.5 Å². The lowest BCUT2D eigenvalue weighted by atomic mass is 10.1. The van der Waals surface area contributed by atoms with Gasteiger partial charge in [-0.15, -0.1) is 0 Å². The van der Waals surface area contributed by atoms with Crippen LogP contribution in [-0.4, -0.2) is 59.7 Å². The van der Waals surface area contributed by atoms with E-state index in [4.69, 9.17) is 27.4 Å². The highest BCUT2D eigenvalue weighted by molar-refractivity contribution is 7.80. The number of anilines is 1. The molecule has 0 spiro atoms. The molecule has 2 aliphatic rings. The lowest BCUT2D eigenvalue weighted by Gasteiger charge is -2.35. The molecule has 4 rings (SSSR count). The molecule has 0 bridgehead atoms. The fourth-order valence-corrected chi connectivity index (χ4v) is 5.26. The van der Waals surface area contributed by atoms with Crippen molar-refractivity contribution in [1.82, 2.24) is 9.80 Å². The third-order valence-electron chi connectivity index (χ3n) is 7.37. The number of alkyl halides is 6. The third kappa shape index (κ3) is 8.47. The second-order valence-electron chi connectivity index (χ2n) is 10.2. The number of likely N-dealkylation sites (tertiary alicyclic amines) is 2. The molecule has 2 aliphatic heterocycles. The maximum atomic E-state index is 13.1. The predicted octanol–water partition coefficient (Wildman–Crippen LogP) is 6.55. The summed E-state index contributed by atoms with van der Waals surface area (Å²) in [6.07, 6.45) is -5.25. The summed E-state index contributed by atoms with van der Waals surface area (Å²) in [6.45, 7) is 4.20. The summed E-state index contributed by atoms with van der Waals surface area (Å²) >= 11 is 5.66. The minimum Gasteiger partial charge on any atom is -0.490 e. The number of hydrogen-bond acceptors (Lipinski definition) is 5. The maximum absolute atomic E-state index is 13.1. The van der Waals surface area contributed by atoms with Crippen molar-refractivity contribution < 1.29 is 35.8 Å². The van der Waals surface area contributed by atoms with E-state index >= 15 is 0 Å². The zero-order valence-electron chi connectivity index (χ0n) is 21.9. The molecule has 40 heavy (non-hydrogen) atoms. The lowest BCUT2D eigenvalue weighted by Crippen LogP contribution is -2.43. The van der Waals surface area contributed by atoms with Crippen LogP contribution < -0.4 is 10.5 Å². The first kappa shape index (κ1) is 30.4. The van der Waals surface area contributed by atoms with Gasteiger partial charge in [0.05, 0.1) is 28.8 Å². The number of benzene rings is 2. The van der Waals surface area contributed by atoms with E-state index in [-0.39, 0.29) is 30.3 Å². The van der Waals surface area contributed by atoms with E-state index < -0.39 is 23.5 Å². The molecule has 2 saturated heterocycles. The van der Waals surface area contributed by atoms with Crippen molar-refractivity contribution in [1.29, 1.82) is 0 Å². The molecule has 2 heterocycles. The standard InChI is InChI=1S/C28H33F6N3O2S/c29-27(30,31)20-3-1-19(2-4-20)18-38-21-7-12-36(13-8-21)14-11-26(40)37-15-9-22(10-16-37)39-23-5-6-25(35)24(17-23)28(32,33)34/h1-6,17,21-22H,7-16,18,35H2. The van der Waals surface area contributed by atoms with Crippen molar-refractivity contribution in [2.75, 3.05) is 38.5 Å². The average molecular weight is 590 g/mol. The number of halogens is 6. The van der Waals surface area contributed by atoms with Gasteiger partial charge in [-0.05, 0) is 48.7 Å². The number of thiocarbonyl (C=S) groups is 1. The largest absolute Gasteiger partial charge is 0.490 e. The maximum Gasteiger partial charge on any atom is 0.418 e. The molecule has 2 fully saturated rings. The summed E-state index contributed by atoms with van der Waals surface area (Å²) in [5.41, 5.74) is 4.30. The van der Waals surface area contributed by atoms with E-state index in [9.17, 15) is 26.3 Å². The molecule has 0 radical (unpaired) electrons. The van der Waals surface area contributed by atoms with Crippen molar-refractivity contribution in [2.24, 2.45) is 0 Å². The average Bonchev–Trinajstić information content (AvgIpc) is 2.92. The quantitative estimate of drug-likeness (QED) is 0.214. The topological polar surface area (TPSA) is 51.0 Å². The summed E-state index contributed by atoms with van der Waals surface area (Å²) in [5, 5.41) is 0. The van der Waals surface area contributed by atoms with Crippen molar-refractivity contribution in [3.8, 4) is 5.75 Å². The SMILES string of the molecule is Nc1ccc(OC2CCN(C(=S)CCN3CCC(OCc4ccc(C(F)(F)F)cc4)CC3)CC2)cc1C(F)(F)F. The molecule has 0 saturated carbocycles. The minimum atomic E-state index is -4.53. The molecular formula is C28H33F6N3O2S. The fraction of sp³-hybridized carbons (Fsp3) is 0.536. The van der Waals surface area contributed by atoms with Gasteiger partial charge in [-0.25, -0.2) is 0 Å². The van der Waals surface area contributed by atoms with E-state index in [1.807, 2.05) is 0 Å². The number of nitrogens with zero attached hydrogens (tertiary/aromatic N) is 2. The summed E-state index contributed by atoms with van der Waals surface area (Å²) < 4.78 is 89.2. The highest BCUT2D eigenvalue weighted by Crippen LogP contribution is 2.36. The Hall–Kier alpha value is -2.57. The summed E-state index contributed by atoms with van der Waals surface area (Å²) in [4.78, 5) is 5.34. The van der Waals surface area contributed by atoms with Crippen LogP contribution >= 0.6 is 12.2 Å². The van der Waals surface area contributed by atoms with Crippen LogP contribution in [0.2, 0.25) is 0 Å². The summed E-state index contributed by atoms with van der Waals surface area (Å²) in [6, 6.07) is 8.70. The van der Waals surface area contributed by atoms with Crippen molar-refractivity contribution >= 4 is 22.9 Å². The fourth-order valence-electron chi connectivity index (χ4n) is 4.99. The normalized spacial score (nSPS) is 18.2. The van der Waals surface area contributed by atoms with Crippen LogP contribution in [0, 0.1) is 0 Å². The van der Waals surface area contributed by atoms with E-state index in [1.54, 1.807) is 0 Å². The number of nitrogen functional groups attached to an aromatic ring is 1. The Bertz CT molecular complexity index is 1130. The Morgan fingerprint density at radius 2 is 1.48 bits per heavy atom. The number of ether oxygens (including phenoxy) is 2. The first-order chi connectivity index (χ1) is 18.9. The molecule has 0 aliphatic carbocycles. The van der Waals surface area contributed by atoms with Gasteiger partial charge in [0.15, 0.2) is 0 Å². The zero-order valence-corrected chi connectivity index (χ0v) is 22.8. The highest BCUT2D eigenvalue weighted by atomic mass is 32.1. The van der Waals surface area contributed by atoms with Crippen molar-refractivity contribution in [3.63, 3.8) is 0 Å². The number of piperidine rings is 2. The van der Waals surface area contributed by atoms with E-state index in [1.165, 1.54) is 24.3 Å². The Kier molecular flexibility index (Phi) is 9.84. The van der Waals surface area contributed by atoms with Gasteiger partial charge in [0.1, 0.15) is 11.9 Å². The zero-order chi connectivity index (χ0) is 28.9. The van der Waals surface area contributed by atoms with Gasteiger partial charge in [0.2, 0.25) is 0 Å². The van der Waals surface area contributed by atoms with Crippen molar-refractivity contribution in [3.05, 3.63) is 59.2 Å². The first-order valence-corrected chi connectivity index (χ1v) is 13.7. The second kappa shape index (κ2) is 12.9. The molecule has 0 amide bonds. The first-order valence-electron chi connectivity index (χ1n) is 13.3. The van der Waals surface area contributed by atoms with Gasteiger partial charge in [0, 0.05) is 57.7 Å². The van der Waals surface area contributed by atoms with Gasteiger partial charge >= 0.3 is 12.4 Å².